The first-order valence-electron chi connectivity index (χ1n) is 12.6. The molecule has 1 atom stereocenters. The maximum absolute atomic E-state index is 16.0. The number of rotatable bonds is 11. The van der Waals surface area contributed by atoms with Crippen molar-refractivity contribution in [2.45, 2.75) is 36.9 Å². The van der Waals surface area contributed by atoms with E-state index in [-0.39, 0.29) is 12.0 Å². The Hall–Kier alpha value is -2.42. The van der Waals surface area contributed by atoms with Crippen LogP contribution >= 0.6 is 11.8 Å². The average Bonchev–Trinajstić information content (AvgIpc) is 2.92. The van der Waals surface area contributed by atoms with Crippen molar-refractivity contribution >= 4 is 28.4 Å². The van der Waals surface area contributed by atoms with E-state index in [0.29, 0.717) is 24.2 Å². The molecule has 0 spiro atoms. The Morgan fingerprint density at radius 3 is 2.67 bits per heavy atom. The maximum Gasteiger partial charge on any atom is 0.128 e. The molecule has 1 aliphatic heterocycles. The number of benzene rings is 1. The number of fused-ring (bicyclic) bond motifs is 1. The summed E-state index contributed by atoms with van der Waals surface area (Å²) in [6.07, 6.45) is 5.21. The van der Waals surface area contributed by atoms with Crippen LogP contribution < -0.4 is 9.64 Å². The van der Waals surface area contributed by atoms with Crippen LogP contribution in [0.25, 0.3) is 10.9 Å². The number of hydrogen-bond donors (Lipinski definition) is 1. The largest absolute Gasteiger partial charge is 0.497 e. The molecule has 3 heterocycles. The second-order valence-electron chi connectivity index (χ2n) is 9.86. The fourth-order valence-electron chi connectivity index (χ4n) is 5.02. The number of aliphatic hydroxyl groups is 1. The van der Waals surface area contributed by atoms with Crippen molar-refractivity contribution in [3.8, 4) is 5.75 Å². The van der Waals surface area contributed by atoms with Gasteiger partial charge in [0.2, 0.25) is 0 Å². The number of piperidine rings is 1. The van der Waals surface area contributed by atoms with Gasteiger partial charge in [0.25, 0.3) is 0 Å². The number of methoxy groups -OCH3 is 1. The Kier molecular flexibility index (Phi) is 9.04. The summed E-state index contributed by atoms with van der Waals surface area (Å²) in [6.45, 7) is 2.95. The van der Waals surface area contributed by atoms with Gasteiger partial charge in [-0.15, -0.1) is 11.8 Å². The van der Waals surface area contributed by atoms with Crippen LogP contribution in [0.2, 0.25) is 0 Å². The predicted octanol–water partition coefficient (Wildman–Crippen LogP) is 5.36. The Bertz CT molecular complexity index is 1120. The van der Waals surface area contributed by atoms with Gasteiger partial charge in [-0.25, -0.2) is 9.37 Å². The number of alkyl halides is 1. The number of ether oxygens (including phenoxy) is 1. The lowest BCUT2D eigenvalue weighted by Gasteiger charge is -2.41. The van der Waals surface area contributed by atoms with E-state index in [4.69, 9.17) is 4.74 Å². The molecule has 4 rings (SSSR count). The zero-order valence-corrected chi connectivity index (χ0v) is 22.3. The third kappa shape index (κ3) is 6.28. The minimum Gasteiger partial charge on any atom is -0.497 e. The first-order valence-corrected chi connectivity index (χ1v) is 13.6. The number of halogens is 1. The summed E-state index contributed by atoms with van der Waals surface area (Å²) in [5, 5.41) is 12.2. The molecule has 6 nitrogen and oxygen atoms in total. The molecule has 2 aromatic heterocycles. The van der Waals surface area contributed by atoms with Crippen molar-refractivity contribution in [3.63, 3.8) is 0 Å². The fraction of sp³-hybridized carbons (Fsp3) is 0.500. The molecule has 0 saturated carbocycles. The number of likely N-dealkylation sites (tertiary alicyclic amines) is 1. The van der Waals surface area contributed by atoms with Crippen molar-refractivity contribution in [2.24, 2.45) is 5.41 Å². The molecule has 0 amide bonds. The number of aromatic nitrogens is 2. The lowest BCUT2D eigenvalue weighted by atomic mass is 9.74. The van der Waals surface area contributed by atoms with E-state index < -0.39 is 6.17 Å². The second kappa shape index (κ2) is 12.2. The lowest BCUT2D eigenvalue weighted by Crippen LogP contribution is -2.42. The predicted molar refractivity (Wildman–Crippen MR) is 146 cm³/mol. The van der Waals surface area contributed by atoms with Crippen molar-refractivity contribution in [3.05, 3.63) is 54.4 Å². The Labute approximate surface area is 217 Å². The fourth-order valence-corrected chi connectivity index (χ4v) is 5.89. The summed E-state index contributed by atoms with van der Waals surface area (Å²) < 4.78 is 21.4. The van der Waals surface area contributed by atoms with Crippen LogP contribution in [0.4, 0.5) is 10.1 Å². The van der Waals surface area contributed by atoms with Crippen molar-refractivity contribution < 1.29 is 14.2 Å². The zero-order chi connectivity index (χ0) is 25.5. The van der Waals surface area contributed by atoms with Gasteiger partial charge in [0.1, 0.15) is 11.9 Å². The number of thioether (sulfide) groups is 1. The molecule has 194 valence electrons. The minimum absolute atomic E-state index is 0.0989. The summed E-state index contributed by atoms with van der Waals surface area (Å²) in [6, 6.07) is 11.6. The Morgan fingerprint density at radius 1 is 1.19 bits per heavy atom. The van der Waals surface area contributed by atoms with Crippen molar-refractivity contribution in [1.82, 2.24) is 14.9 Å². The highest BCUT2D eigenvalue weighted by molar-refractivity contribution is 7.99. The summed E-state index contributed by atoms with van der Waals surface area (Å²) in [7, 11) is 5.44. The number of hydrogen-bond acceptors (Lipinski definition) is 7. The van der Waals surface area contributed by atoms with E-state index in [0.717, 1.165) is 59.8 Å². The third-order valence-corrected chi connectivity index (χ3v) is 8.29. The van der Waals surface area contributed by atoms with Gasteiger partial charge in [0, 0.05) is 50.1 Å². The molecule has 0 aliphatic carbocycles. The van der Waals surface area contributed by atoms with Gasteiger partial charge in [-0.05, 0) is 74.5 Å². The van der Waals surface area contributed by atoms with Crippen molar-refractivity contribution in [2.75, 3.05) is 58.1 Å². The lowest BCUT2D eigenvalue weighted by molar-refractivity contribution is 0.0323. The molecule has 1 aromatic carbocycles. The monoisotopic (exact) mass is 512 g/mol. The third-order valence-electron chi connectivity index (χ3n) is 7.37. The Morgan fingerprint density at radius 2 is 2.00 bits per heavy atom. The van der Waals surface area contributed by atoms with E-state index in [1.54, 1.807) is 25.1 Å². The van der Waals surface area contributed by atoms with Gasteiger partial charge in [0.05, 0.1) is 29.5 Å². The standard InChI is InChI=1S/C28H37FN4O2S/c1-32(2)25-19-31-24-8-7-21(35-3)18-22(24)27(25)23(29)9-10-28(20-34)11-14-33(15-12-28)16-17-36-26-6-4-5-13-30-26/h4-8,13,18-19,23,34H,9-12,14-17,20H2,1-3H3/t23-/m0/s1. The van der Waals surface area contributed by atoms with Gasteiger partial charge in [-0.3, -0.25) is 4.98 Å². The van der Waals surface area contributed by atoms with Gasteiger partial charge in [0.15, 0.2) is 0 Å². The highest BCUT2D eigenvalue weighted by Gasteiger charge is 2.35. The quantitative estimate of drug-likeness (QED) is 0.347. The highest BCUT2D eigenvalue weighted by atomic mass is 32.2. The first-order chi connectivity index (χ1) is 17.4. The average molecular weight is 513 g/mol. The van der Waals surface area contributed by atoms with Crippen molar-refractivity contribution in [1.29, 1.82) is 0 Å². The molecule has 1 saturated heterocycles. The summed E-state index contributed by atoms with van der Waals surface area (Å²) in [5.74, 6) is 1.68. The molecule has 1 aliphatic rings. The van der Waals surface area contributed by atoms with E-state index in [2.05, 4.69) is 14.9 Å². The molecular formula is C28H37FN4O2S. The Balaban J connectivity index is 1.39. The summed E-state index contributed by atoms with van der Waals surface area (Å²) in [5.41, 5.74) is 1.96. The molecule has 1 N–H and O–H groups in total. The van der Waals surface area contributed by atoms with Gasteiger partial charge >= 0.3 is 0 Å². The number of pyridine rings is 2. The van der Waals surface area contributed by atoms with Crippen LogP contribution in [0, 0.1) is 5.41 Å². The SMILES string of the molecule is COc1ccc2ncc(N(C)C)c([C@@H](F)CCC3(CO)CCN(CCSc4ccccn4)CC3)c2c1. The smallest absolute Gasteiger partial charge is 0.128 e. The first kappa shape index (κ1) is 26.6. The van der Waals surface area contributed by atoms with E-state index >= 15 is 4.39 Å². The van der Waals surface area contributed by atoms with Crippen LogP contribution in [-0.4, -0.2) is 73.2 Å². The van der Waals surface area contributed by atoms with Crippen LogP contribution in [-0.2, 0) is 0 Å². The van der Waals surface area contributed by atoms with Crippen LogP contribution in [0.15, 0.2) is 53.8 Å². The topological polar surface area (TPSA) is 61.7 Å². The molecule has 1 fully saturated rings. The van der Waals surface area contributed by atoms with Gasteiger partial charge in [-0.1, -0.05) is 6.07 Å². The maximum atomic E-state index is 16.0. The highest BCUT2D eigenvalue weighted by Crippen LogP contribution is 2.42. The normalized spacial score (nSPS) is 16.7. The number of anilines is 1. The number of nitrogens with zero attached hydrogens (tertiary/aromatic N) is 4. The van der Waals surface area contributed by atoms with Gasteiger partial charge in [-0.2, -0.15) is 0 Å². The van der Waals surface area contributed by atoms with E-state index in [9.17, 15) is 5.11 Å². The van der Waals surface area contributed by atoms with Gasteiger partial charge < -0.3 is 19.6 Å². The second-order valence-corrected chi connectivity index (χ2v) is 11.0. The molecule has 0 radical (unpaired) electrons. The van der Waals surface area contributed by atoms with E-state index in [1.807, 2.05) is 61.6 Å². The molecule has 36 heavy (non-hydrogen) atoms. The molecule has 0 unspecified atom stereocenters. The number of aliphatic hydroxyl groups excluding tert-OH is 1. The summed E-state index contributed by atoms with van der Waals surface area (Å²) >= 11 is 1.77. The summed E-state index contributed by atoms with van der Waals surface area (Å²) in [4.78, 5) is 13.3. The van der Waals surface area contributed by atoms with Crippen LogP contribution in [0.1, 0.15) is 37.4 Å². The molecule has 8 heteroatoms. The van der Waals surface area contributed by atoms with Crippen LogP contribution in [0.5, 0.6) is 5.75 Å². The van der Waals surface area contributed by atoms with Crippen LogP contribution in [0.3, 0.4) is 0 Å². The van der Waals surface area contributed by atoms with E-state index in [1.165, 1.54) is 0 Å². The minimum atomic E-state index is -1.16. The zero-order valence-electron chi connectivity index (χ0n) is 21.5. The molecule has 0 bridgehead atoms. The molecule has 3 aromatic rings. The molecular weight excluding hydrogens is 475 g/mol.